The van der Waals surface area contributed by atoms with Gasteiger partial charge in [0.05, 0.1) is 0 Å². The molecule has 1 unspecified atom stereocenters. The van der Waals surface area contributed by atoms with Crippen LogP contribution in [0.5, 0.6) is 0 Å². The summed E-state index contributed by atoms with van der Waals surface area (Å²) in [6.07, 6.45) is 4.25. The van der Waals surface area contributed by atoms with Crippen molar-refractivity contribution in [2.75, 3.05) is 0 Å². The van der Waals surface area contributed by atoms with E-state index in [9.17, 15) is 0 Å². The van der Waals surface area contributed by atoms with E-state index >= 15 is 0 Å². The van der Waals surface area contributed by atoms with Gasteiger partial charge in [0.1, 0.15) is 0 Å². The molecule has 0 aliphatic heterocycles. The number of thiol groups is 1. The molecule has 0 saturated carbocycles. The monoisotopic (exact) mass is 180 g/mol. The van der Waals surface area contributed by atoms with Gasteiger partial charge in [-0.15, -0.1) is 6.58 Å². The first-order valence-corrected chi connectivity index (χ1v) is 6.19. The van der Waals surface area contributed by atoms with Gasteiger partial charge in [0.25, 0.3) is 0 Å². The van der Waals surface area contributed by atoms with Crippen molar-refractivity contribution in [1.29, 1.82) is 0 Å². The lowest BCUT2D eigenvalue weighted by atomic mass is 10.2. The predicted molar refractivity (Wildman–Crippen MR) is 53.1 cm³/mol. The Bertz CT molecular complexity index is 72.7. The summed E-state index contributed by atoms with van der Waals surface area (Å²) < 4.78 is 0. The van der Waals surface area contributed by atoms with Crippen molar-refractivity contribution in [2.24, 2.45) is 0 Å². The third-order valence-corrected chi connectivity index (χ3v) is 3.80. The molecule has 0 spiro atoms. The summed E-state index contributed by atoms with van der Waals surface area (Å²) in [7, 11) is 3.35. The minimum atomic E-state index is 0.699. The van der Waals surface area contributed by atoms with E-state index in [1.54, 1.807) is 0 Å². The molecule has 0 aliphatic carbocycles. The highest BCUT2D eigenvalue weighted by Gasteiger charge is 2.02. The zero-order valence-electron chi connectivity index (χ0n) is 5.54. The van der Waals surface area contributed by atoms with Crippen LogP contribution in [0.25, 0.3) is 0 Å². The van der Waals surface area contributed by atoms with E-state index < -0.39 is 0 Å². The Morgan fingerprint density at radius 3 is 2.78 bits per heavy atom. The Balaban J connectivity index is 3.28. The zero-order valence-corrected chi connectivity index (χ0v) is 8.07. The highest BCUT2D eigenvalue weighted by molar-refractivity contribution is 9.05. The van der Waals surface area contributed by atoms with Gasteiger partial charge in [0.2, 0.25) is 0 Å². The Morgan fingerprint density at radius 2 is 2.44 bits per heavy atom. The largest absolute Gasteiger partial charge is 0.103 e. The van der Waals surface area contributed by atoms with E-state index in [4.69, 9.17) is 0 Å². The normalized spacial score (nSPS) is 13.1. The molecule has 0 aromatic carbocycles. The maximum atomic E-state index is 4.05. The van der Waals surface area contributed by atoms with E-state index in [1.807, 2.05) is 16.9 Å². The van der Waals surface area contributed by atoms with E-state index in [2.05, 4.69) is 25.2 Å². The number of rotatable bonds is 5. The molecule has 1 atom stereocenters. The maximum Gasteiger partial charge on any atom is 0.0191 e. The molecule has 0 heterocycles. The smallest absolute Gasteiger partial charge is 0.0191 e. The Labute approximate surface area is 70.1 Å². The van der Waals surface area contributed by atoms with Gasteiger partial charge in [0, 0.05) is 5.25 Å². The molecule has 0 nitrogen and oxygen atoms in total. The predicted octanol–water partition coefficient (Wildman–Crippen LogP) is 3.57. The van der Waals surface area contributed by atoms with Crippen LogP contribution in [0.3, 0.4) is 0 Å². The lowest BCUT2D eigenvalue weighted by Gasteiger charge is -2.07. The minimum absolute atomic E-state index is 0.699. The van der Waals surface area contributed by atoms with E-state index in [1.165, 1.54) is 16.2 Å². The second-order valence-corrected chi connectivity index (χ2v) is 5.10. The summed E-state index contributed by atoms with van der Waals surface area (Å²) in [4.78, 5) is 0. The van der Waals surface area contributed by atoms with E-state index in [-0.39, 0.29) is 0 Å². The molecule has 0 aromatic heterocycles. The van der Waals surface area contributed by atoms with Gasteiger partial charge in [-0.1, -0.05) is 35.5 Å². The average molecular weight is 180 g/mol. The summed E-state index contributed by atoms with van der Waals surface area (Å²) in [6, 6.07) is 0. The molecule has 0 saturated heterocycles. The highest BCUT2D eigenvalue weighted by atomic mass is 33.5. The second-order valence-electron chi connectivity index (χ2n) is 1.73. The maximum absolute atomic E-state index is 4.05. The van der Waals surface area contributed by atoms with Gasteiger partial charge < -0.3 is 0 Å². The van der Waals surface area contributed by atoms with Crippen LogP contribution in [-0.2, 0) is 0 Å². The number of hydrogen-bond acceptors (Lipinski definition) is 3. The quantitative estimate of drug-likeness (QED) is 0.390. The van der Waals surface area contributed by atoms with Crippen LogP contribution in [0.2, 0.25) is 0 Å². The molecular weight excluding hydrogens is 168 g/mol. The average Bonchev–Trinajstić information content (AvgIpc) is 1.88. The van der Waals surface area contributed by atoms with Crippen LogP contribution in [0.1, 0.15) is 19.8 Å². The van der Waals surface area contributed by atoms with Crippen LogP contribution < -0.4 is 0 Å². The van der Waals surface area contributed by atoms with Gasteiger partial charge in [-0.3, -0.25) is 0 Å². The fourth-order valence-electron chi connectivity index (χ4n) is 0.521. The van der Waals surface area contributed by atoms with Crippen molar-refractivity contribution in [3.05, 3.63) is 12.7 Å². The summed E-state index contributed by atoms with van der Waals surface area (Å²) in [6.45, 7) is 5.87. The van der Waals surface area contributed by atoms with Crippen molar-refractivity contribution in [2.45, 2.75) is 25.0 Å². The molecule has 9 heavy (non-hydrogen) atoms. The Morgan fingerprint density at radius 1 is 1.78 bits per heavy atom. The van der Waals surface area contributed by atoms with Gasteiger partial charge >= 0.3 is 0 Å². The number of hydrogen-bond donors (Lipinski definition) is 1. The third kappa shape index (κ3) is 5.25. The van der Waals surface area contributed by atoms with E-state index in [0.717, 1.165) is 6.42 Å². The second kappa shape index (κ2) is 6.90. The fourth-order valence-corrected chi connectivity index (χ4v) is 3.10. The van der Waals surface area contributed by atoms with Crippen LogP contribution >= 0.6 is 32.3 Å². The van der Waals surface area contributed by atoms with Crippen LogP contribution in [0, 0.1) is 0 Å². The molecular formula is C6H12S3. The van der Waals surface area contributed by atoms with Crippen molar-refractivity contribution < 1.29 is 0 Å². The molecule has 0 fully saturated rings. The molecule has 0 bridgehead atoms. The first kappa shape index (κ1) is 9.79. The summed E-state index contributed by atoms with van der Waals surface area (Å²) in [5, 5.41) is 0.699. The first-order chi connectivity index (χ1) is 4.35. The lowest BCUT2D eigenvalue weighted by Crippen LogP contribution is -1.94. The molecule has 0 aromatic rings. The third-order valence-electron chi connectivity index (χ3n) is 1.06. The van der Waals surface area contributed by atoms with Crippen LogP contribution in [-0.4, -0.2) is 5.25 Å². The van der Waals surface area contributed by atoms with Crippen molar-refractivity contribution in [3.8, 4) is 0 Å². The summed E-state index contributed by atoms with van der Waals surface area (Å²) >= 11 is 4.05. The summed E-state index contributed by atoms with van der Waals surface area (Å²) in [5.74, 6) is 0. The molecule has 3 heteroatoms. The topological polar surface area (TPSA) is 0 Å². The lowest BCUT2D eigenvalue weighted by molar-refractivity contribution is 0.842. The minimum Gasteiger partial charge on any atom is -0.103 e. The number of allylic oxidation sites excluding steroid dienone is 1. The SMILES string of the molecule is C=CCC(CC)SSS. The summed E-state index contributed by atoms with van der Waals surface area (Å²) in [5.41, 5.74) is 0. The van der Waals surface area contributed by atoms with Gasteiger partial charge in [0.15, 0.2) is 0 Å². The van der Waals surface area contributed by atoms with Crippen molar-refractivity contribution in [1.82, 2.24) is 0 Å². The molecule has 54 valence electrons. The molecule has 0 aliphatic rings. The van der Waals surface area contributed by atoms with Crippen LogP contribution in [0.15, 0.2) is 12.7 Å². The molecule has 0 amide bonds. The van der Waals surface area contributed by atoms with Gasteiger partial charge in [-0.2, -0.15) is 0 Å². The first-order valence-electron chi connectivity index (χ1n) is 2.93. The highest BCUT2D eigenvalue weighted by Crippen LogP contribution is 2.33. The molecule has 0 rings (SSSR count). The van der Waals surface area contributed by atoms with Crippen molar-refractivity contribution in [3.63, 3.8) is 0 Å². The molecule has 0 radical (unpaired) electrons. The zero-order chi connectivity index (χ0) is 7.11. The Hall–Kier alpha value is 0.790. The van der Waals surface area contributed by atoms with E-state index in [0.29, 0.717) is 5.25 Å². The van der Waals surface area contributed by atoms with Gasteiger partial charge in [-0.05, 0) is 22.7 Å². The van der Waals surface area contributed by atoms with Crippen molar-refractivity contribution >= 4 is 32.3 Å². The fraction of sp³-hybridized carbons (Fsp3) is 0.667. The van der Waals surface area contributed by atoms with Gasteiger partial charge in [-0.25, -0.2) is 0 Å². The van der Waals surface area contributed by atoms with Crippen LogP contribution in [0.4, 0.5) is 0 Å². The standard InChI is InChI=1S/C6H12S3/c1-3-5-6(4-2)8-9-7/h3,6-7H,1,4-5H2,2H3. The Kier molecular flexibility index (Phi) is 7.51. The molecule has 0 N–H and O–H groups in total.